The molecule has 1 atom stereocenters. The van der Waals surface area contributed by atoms with Gasteiger partial charge in [0, 0.05) is 37.0 Å². The molecule has 0 bridgehead atoms. The minimum Gasteiger partial charge on any atom is -0.335 e. The van der Waals surface area contributed by atoms with Crippen molar-refractivity contribution in [1.29, 1.82) is 0 Å². The fourth-order valence-electron chi connectivity index (χ4n) is 2.52. The smallest absolute Gasteiger partial charge is 0.133 e. The first kappa shape index (κ1) is 15.6. The molecule has 3 nitrogen and oxygen atoms in total. The Morgan fingerprint density at radius 1 is 1.29 bits per heavy atom. The van der Waals surface area contributed by atoms with Crippen molar-refractivity contribution in [2.45, 2.75) is 39.8 Å². The van der Waals surface area contributed by atoms with Gasteiger partial charge in [0.1, 0.15) is 17.5 Å². The van der Waals surface area contributed by atoms with E-state index in [1.807, 2.05) is 24.6 Å². The van der Waals surface area contributed by atoms with E-state index in [1.165, 1.54) is 12.1 Å². The Kier molecular flexibility index (Phi) is 5.07. The van der Waals surface area contributed by atoms with Gasteiger partial charge in [-0.05, 0) is 32.0 Å². The van der Waals surface area contributed by atoms with Gasteiger partial charge in [0.2, 0.25) is 0 Å². The van der Waals surface area contributed by atoms with E-state index in [0.29, 0.717) is 18.5 Å². The number of aromatic nitrogens is 2. The summed E-state index contributed by atoms with van der Waals surface area (Å²) in [4.78, 5) is 4.29. The molecule has 0 fully saturated rings. The Hall–Kier alpha value is -1.75. The molecule has 0 amide bonds. The average Bonchev–Trinajstić information content (AvgIpc) is 2.91. The third-order valence-electron chi connectivity index (χ3n) is 3.65. The number of halogens is 2. The Morgan fingerprint density at radius 3 is 2.71 bits per heavy atom. The Labute approximate surface area is 124 Å². The van der Waals surface area contributed by atoms with Crippen LogP contribution < -0.4 is 5.32 Å². The summed E-state index contributed by atoms with van der Waals surface area (Å²) in [6.07, 6.45) is 4.04. The summed E-state index contributed by atoms with van der Waals surface area (Å²) in [5, 5.41) is 3.16. The fourth-order valence-corrected chi connectivity index (χ4v) is 2.52. The van der Waals surface area contributed by atoms with E-state index in [1.54, 1.807) is 13.1 Å². The zero-order chi connectivity index (χ0) is 15.4. The monoisotopic (exact) mass is 293 g/mol. The highest BCUT2D eigenvalue weighted by Crippen LogP contribution is 2.26. The molecule has 1 heterocycles. The van der Waals surface area contributed by atoms with Crippen LogP contribution in [0.15, 0.2) is 24.5 Å². The summed E-state index contributed by atoms with van der Waals surface area (Å²) < 4.78 is 30.4. The predicted molar refractivity (Wildman–Crippen MR) is 79.1 cm³/mol. The molecule has 5 heteroatoms. The molecular weight excluding hydrogens is 272 g/mol. The Morgan fingerprint density at radius 2 is 2.05 bits per heavy atom. The first-order valence-corrected chi connectivity index (χ1v) is 7.26. The molecule has 0 saturated carbocycles. The van der Waals surface area contributed by atoms with Gasteiger partial charge in [0.25, 0.3) is 0 Å². The van der Waals surface area contributed by atoms with E-state index in [-0.39, 0.29) is 5.56 Å². The predicted octanol–water partition coefficient (Wildman–Crippen LogP) is 3.38. The lowest BCUT2D eigenvalue weighted by Crippen LogP contribution is -2.26. The van der Waals surface area contributed by atoms with E-state index in [0.717, 1.165) is 12.4 Å². The quantitative estimate of drug-likeness (QED) is 0.885. The first-order valence-electron chi connectivity index (χ1n) is 7.26. The van der Waals surface area contributed by atoms with E-state index in [2.05, 4.69) is 10.3 Å². The van der Waals surface area contributed by atoms with Gasteiger partial charge < -0.3 is 9.88 Å². The molecule has 2 aromatic rings. The fraction of sp³-hybridized carbons (Fsp3) is 0.438. The molecule has 0 aliphatic rings. The summed E-state index contributed by atoms with van der Waals surface area (Å²) in [5.41, 5.74) is 0.552. The van der Waals surface area contributed by atoms with Gasteiger partial charge in [-0.3, -0.25) is 0 Å². The maximum absolute atomic E-state index is 14.3. The highest BCUT2D eigenvalue weighted by atomic mass is 19.1. The van der Waals surface area contributed by atoms with Crippen molar-refractivity contribution in [2.24, 2.45) is 0 Å². The molecule has 0 spiro atoms. The van der Waals surface area contributed by atoms with Crippen LogP contribution in [0.4, 0.5) is 8.78 Å². The molecule has 21 heavy (non-hydrogen) atoms. The molecule has 1 aromatic carbocycles. The minimum absolute atomic E-state index is 0.0995. The van der Waals surface area contributed by atoms with Crippen molar-refractivity contribution < 1.29 is 8.78 Å². The zero-order valence-electron chi connectivity index (χ0n) is 12.7. The third-order valence-corrected chi connectivity index (χ3v) is 3.65. The van der Waals surface area contributed by atoms with Crippen LogP contribution in [0.3, 0.4) is 0 Å². The summed E-state index contributed by atoms with van der Waals surface area (Å²) in [7, 11) is 0. The Balaban J connectivity index is 2.38. The average molecular weight is 293 g/mol. The van der Waals surface area contributed by atoms with Gasteiger partial charge in [-0.25, -0.2) is 13.8 Å². The van der Waals surface area contributed by atoms with Gasteiger partial charge in [-0.15, -0.1) is 0 Å². The summed E-state index contributed by atoms with van der Waals surface area (Å²) >= 11 is 0. The molecule has 2 rings (SSSR count). The molecule has 0 aliphatic heterocycles. The highest BCUT2D eigenvalue weighted by Gasteiger charge is 2.22. The van der Waals surface area contributed by atoms with Crippen LogP contribution in [0.5, 0.6) is 0 Å². The molecule has 1 N–H and O–H groups in total. The number of nitrogens with zero attached hydrogens (tertiary/aromatic N) is 2. The molecule has 0 saturated heterocycles. The van der Waals surface area contributed by atoms with Crippen LogP contribution in [-0.4, -0.2) is 16.1 Å². The lowest BCUT2D eigenvalue weighted by atomic mass is 9.99. The van der Waals surface area contributed by atoms with Crippen molar-refractivity contribution in [2.75, 3.05) is 6.54 Å². The number of benzene rings is 1. The van der Waals surface area contributed by atoms with Gasteiger partial charge in [0.15, 0.2) is 0 Å². The summed E-state index contributed by atoms with van der Waals surface area (Å²) in [5.74, 6) is -0.169. The van der Waals surface area contributed by atoms with Crippen LogP contribution in [-0.2, 0) is 13.0 Å². The van der Waals surface area contributed by atoms with E-state index >= 15 is 0 Å². The number of hydrogen-bond acceptors (Lipinski definition) is 2. The topological polar surface area (TPSA) is 29.9 Å². The van der Waals surface area contributed by atoms with E-state index in [9.17, 15) is 8.78 Å². The summed E-state index contributed by atoms with van der Waals surface area (Å²) in [6, 6.07) is 2.36. The number of nitrogens with one attached hydrogen (secondary N) is 1. The van der Waals surface area contributed by atoms with Gasteiger partial charge in [-0.1, -0.05) is 13.0 Å². The highest BCUT2D eigenvalue weighted by molar-refractivity contribution is 5.30. The van der Waals surface area contributed by atoms with Crippen LogP contribution in [0.1, 0.15) is 36.8 Å². The van der Waals surface area contributed by atoms with Crippen molar-refractivity contribution in [1.82, 2.24) is 14.9 Å². The lowest BCUT2D eigenvalue weighted by Gasteiger charge is -2.20. The molecule has 1 aromatic heterocycles. The maximum atomic E-state index is 14.3. The Bertz CT molecular complexity index is 608. The van der Waals surface area contributed by atoms with E-state index in [4.69, 9.17) is 0 Å². The summed E-state index contributed by atoms with van der Waals surface area (Å²) in [6.45, 7) is 7.00. The van der Waals surface area contributed by atoms with Crippen molar-refractivity contribution >= 4 is 0 Å². The third kappa shape index (κ3) is 3.29. The molecular formula is C16H21F2N3. The second kappa shape index (κ2) is 6.80. The van der Waals surface area contributed by atoms with Gasteiger partial charge >= 0.3 is 0 Å². The number of likely N-dealkylation sites (N-methyl/N-ethyl adjacent to an activating group) is 1. The number of imidazole rings is 1. The standard InChI is InChI=1S/C16H21F2N3/c1-4-19-13(10-14-20-8-9-21(14)5-2)15-12(17)7-6-11(3)16(15)18/h6-9,13,19H,4-5,10H2,1-3H3. The number of hydrogen-bond donors (Lipinski definition) is 1. The van der Waals surface area contributed by atoms with Crippen LogP contribution in [0.2, 0.25) is 0 Å². The SMILES string of the molecule is CCNC(Cc1nccn1CC)c1c(F)ccc(C)c1F. The maximum Gasteiger partial charge on any atom is 0.133 e. The lowest BCUT2D eigenvalue weighted by molar-refractivity contribution is 0.459. The largest absolute Gasteiger partial charge is 0.335 e. The molecule has 0 radical (unpaired) electrons. The van der Waals surface area contributed by atoms with Crippen LogP contribution >= 0.6 is 0 Å². The minimum atomic E-state index is -0.515. The molecule has 1 unspecified atom stereocenters. The van der Waals surface area contributed by atoms with Crippen LogP contribution in [0.25, 0.3) is 0 Å². The molecule has 114 valence electrons. The number of rotatable bonds is 6. The van der Waals surface area contributed by atoms with Crippen LogP contribution in [0, 0.1) is 18.6 Å². The second-order valence-corrected chi connectivity index (χ2v) is 5.04. The van der Waals surface area contributed by atoms with Gasteiger partial charge in [-0.2, -0.15) is 0 Å². The van der Waals surface area contributed by atoms with Gasteiger partial charge in [0.05, 0.1) is 0 Å². The van der Waals surface area contributed by atoms with Crippen molar-refractivity contribution in [3.05, 3.63) is 53.1 Å². The van der Waals surface area contributed by atoms with Crippen molar-refractivity contribution in [3.8, 4) is 0 Å². The van der Waals surface area contributed by atoms with Crippen molar-refractivity contribution in [3.63, 3.8) is 0 Å². The van der Waals surface area contributed by atoms with E-state index < -0.39 is 17.7 Å². The normalized spacial score (nSPS) is 12.6. The zero-order valence-corrected chi connectivity index (χ0v) is 12.7. The first-order chi connectivity index (χ1) is 10.1. The number of aryl methyl sites for hydroxylation is 2. The second-order valence-electron chi connectivity index (χ2n) is 5.04. The molecule has 0 aliphatic carbocycles.